The largest absolute Gasteiger partial charge is 0.489 e. The number of likely N-dealkylation sites (tertiary alicyclic amines) is 1. The number of hydrogen-bond acceptors (Lipinski definition) is 8. The molecule has 5 aromatic rings. The lowest BCUT2D eigenvalue weighted by Gasteiger charge is -2.32. The number of fused-ring (bicyclic) bond motifs is 2. The van der Waals surface area contributed by atoms with Gasteiger partial charge in [0.1, 0.15) is 18.4 Å². The van der Waals surface area contributed by atoms with E-state index in [2.05, 4.69) is 55.4 Å². The highest BCUT2D eigenvalue weighted by Gasteiger charge is 2.40. The Bertz CT molecular complexity index is 2020. The summed E-state index contributed by atoms with van der Waals surface area (Å²) in [6.45, 7) is 3.52. The van der Waals surface area contributed by atoms with E-state index in [9.17, 15) is 14.4 Å². The highest BCUT2D eigenvalue weighted by atomic mass is 16.5. The molecule has 3 aliphatic heterocycles. The Kier molecular flexibility index (Phi) is 7.89. The molecule has 2 aromatic heterocycles. The van der Waals surface area contributed by atoms with Crippen molar-refractivity contribution in [1.29, 1.82) is 0 Å². The lowest BCUT2D eigenvalue weighted by molar-refractivity contribution is -0.136. The number of nitrogens with one attached hydrogen (secondary N) is 1. The van der Waals surface area contributed by atoms with Crippen LogP contribution in [0.15, 0.2) is 85.3 Å². The molecule has 2 saturated heterocycles. The minimum Gasteiger partial charge on any atom is -0.489 e. The van der Waals surface area contributed by atoms with Crippen LogP contribution in [0.5, 0.6) is 5.75 Å². The van der Waals surface area contributed by atoms with Crippen molar-refractivity contribution in [2.75, 3.05) is 13.1 Å². The van der Waals surface area contributed by atoms with Gasteiger partial charge in [0.15, 0.2) is 0 Å². The lowest BCUT2D eigenvalue weighted by atomic mass is 10.0. The molecule has 11 heteroatoms. The molecule has 0 saturated carbocycles. The molecule has 11 nitrogen and oxygen atoms in total. The summed E-state index contributed by atoms with van der Waals surface area (Å²) < 4.78 is 8.28. The zero-order valence-corrected chi connectivity index (χ0v) is 26.4. The van der Waals surface area contributed by atoms with Crippen molar-refractivity contribution in [3.05, 3.63) is 108 Å². The predicted molar refractivity (Wildman–Crippen MR) is 178 cm³/mol. The van der Waals surface area contributed by atoms with Crippen molar-refractivity contribution >= 4 is 28.8 Å². The van der Waals surface area contributed by atoms with Crippen LogP contribution in [0.25, 0.3) is 22.3 Å². The van der Waals surface area contributed by atoms with E-state index in [1.807, 2.05) is 42.7 Å². The second-order valence-electron chi connectivity index (χ2n) is 12.7. The average molecular weight is 642 g/mol. The molecule has 0 aliphatic carbocycles. The minimum atomic E-state index is -0.649. The summed E-state index contributed by atoms with van der Waals surface area (Å²) in [6.07, 6.45) is 8.41. The van der Waals surface area contributed by atoms with E-state index in [1.165, 1.54) is 5.56 Å². The van der Waals surface area contributed by atoms with Gasteiger partial charge in [-0.25, -0.2) is 4.98 Å². The van der Waals surface area contributed by atoms with Crippen LogP contribution in [0, 0.1) is 0 Å². The maximum absolute atomic E-state index is 13.1. The fourth-order valence-corrected chi connectivity index (χ4v) is 6.96. The maximum Gasteiger partial charge on any atom is 0.255 e. The Balaban J connectivity index is 0.837. The van der Waals surface area contributed by atoms with Gasteiger partial charge in [-0.1, -0.05) is 42.5 Å². The van der Waals surface area contributed by atoms with Gasteiger partial charge in [0.25, 0.3) is 5.91 Å². The van der Waals surface area contributed by atoms with E-state index in [0.29, 0.717) is 30.4 Å². The van der Waals surface area contributed by atoms with E-state index < -0.39 is 11.9 Å². The van der Waals surface area contributed by atoms with Crippen LogP contribution in [0.4, 0.5) is 0 Å². The molecule has 3 aromatic carbocycles. The first-order valence-electron chi connectivity index (χ1n) is 16.4. The quantitative estimate of drug-likeness (QED) is 0.243. The van der Waals surface area contributed by atoms with Gasteiger partial charge in [-0.15, -0.1) is 0 Å². The summed E-state index contributed by atoms with van der Waals surface area (Å²) in [4.78, 5) is 50.5. The first-order chi connectivity index (χ1) is 23.5. The number of carbonyl (C=O) groups is 3. The number of ether oxygens (including phenoxy) is 1. The second kappa shape index (κ2) is 12.6. The SMILES string of the molecule is O=C1CCC(N2Cc3c(OCc4ccc(CN5CCC(n6cc(-c7cnc8ccccc8n7)cn6)CC5)cc4)cccc3C2=O)C(=O)N1. The Morgan fingerprint density at radius 2 is 1.65 bits per heavy atom. The van der Waals surface area contributed by atoms with Gasteiger partial charge in [-0.3, -0.25) is 34.3 Å². The minimum absolute atomic E-state index is 0.205. The molecule has 242 valence electrons. The van der Waals surface area contributed by atoms with Gasteiger partial charge in [-0.2, -0.15) is 5.10 Å². The summed E-state index contributed by atoms with van der Waals surface area (Å²) in [6, 6.07) is 21.5. The number of para-hydroxylation sites is 2. The molecule has 5 heterocycles. The van der Waals surface area contributed by atoms with Crippen molar-refractivity contribution in [2.45, 2.75) is 57.5 Å². The number of benzene rings is 3. The van der Waals surface area contributed by atoms with Crippen LogP contribution in [0.1, 0.15) is 58.8 Å². The van der Waals surface area contributed by atoms with E-state index >= 15 is 0 Å². The first-order valence-corrected chi connectivity index (χ1v) is 16.4. The summed E-state index contributed by atoms with van der Waals surface area (Å²) in [7, 11) is 0. The van der Waals surface area contributed by atoms with Gasteiger partial charge in [0, 0.05) is 48.9 Å². The summed E-state index contributed by atoms with van der Waals surface area (Å²) in [5, 5.41) is 7.03. The molecule has 0 bridgehead atoms. The topological polar surface area (TPSA) is 123 Å². The zero-order chi connectivity index (χ0) is 32.6. The molecule has 8 rings (SSSR count). The molecule has 1 atom stereocenters. The van der Waals surface area contributed by atoms with Crippen LogP contribution >= 0.6 is 0 Å². The summed E-state index contributed by atoms with van der Waals surface area (Å²) in [5.74, 6) is -0.284. The van der Waals surface area contributed by atoms with E-state index in [1.54, 1.807) is 17.0 Å². The number of rotatable bonds is 8. The Hall–Kier alpha value is -5.42. The molecule has 1 unspecified atom stereocenters. The first kappa shape index (κ1) is 29.9. The highest BCUT2D eigenvalue weighted by Crippen LogP contribution is 2.34. The van der Waals surface area contributed by atoms with E-state index in [0.717, 1.165) is 65.9 Å². The summed E-state index contributed by atoms with van der Waals surface area (Å²) >= 11 is 0. The number of nitrogens with zero attached hydrogens (tertiary/aromatic N) is 6. The number of amides is 3. The number of aromatic nitrogens is 4. The van der Waals surface area contributed by atoms with Crippen LogP contribution in [-0.2, 0) is 29.3 Å². The highest BCUT2D eigenvalue weighted by molar-refractivity contribution is 6.05. The fraction of sp³-hybridized carbons (Fsp3) is 0.297. The van der Waals surface area contributed by atoms with Crippen LogP contribution < -0.4 is 10.1 Å². The number of imide groups is 1. The molecule has 2 fully saturated rings. The maximum atomic E-state index is 13.1. The van der Waals surface area contributed by atoms with Crippen LogP contribution in [0.2, 0.25) is 0 Å². The van der Waals surface area contributed by atoms with Gasteiger partial charge in [-0.05, 0) is 54.7 Å². The molecule has 3 amide bonds. The molecule has 0 spiro atoms. The molecule has 3 aliphatic rings. The third-order valence-electron chi connectivity index (χ3n) is 9.64. The van der Waals surface area contributed by atoms with Gasteiger partial charge in [0.05, 0.1) is 41.7 Å². The zero-order valence-electron chi connectivity index (χ0n) is 26.4. The Morgan fingerprint density at radius 1 is 0.854 bits per heavy atom. The van der Waals surface area contributed by atoms with Crippen LogP contribution in [-0.4, -0.2) is 66.4 Å². The normalized spacial score (nSPS) is 18.7. The molecular formula is C37H35N7O4. The monoisotopic (exact) mass is 641 g/mol. The van der Waals surface area contributed by atoms with Crippen molar-refractivity contribution in [3.63, 3.8) is 0 Å². The number of carbonyl (C=O) groups excluding carboxylic acids is 3. The fourth-order valence-electron chi connectivity index (χ4n) is 6.96. The standard InChI is InChI=1S/C37H35N7O4/c45-35-13-12-33(36(46)41-35)43-22-29-28(37(43)47)4-3-7-34(29)48-23-25-10-8-24(9-11-25)20-42-16-14-27(15-17-42)44-21-26(18-39-44)32-19-38-30-5-1-2-6-31(30)40-32/h1-11,18-19,21,27,33H,12-17,20,22-23H2,(H,41,45,46). The van der Waals surface area contributed by atoms with Crippen molar-refractivity contribution < 1.29 is 19.1 Å². The summed E-state index contributed by atoms with van der Waals surface area (Å²) in [5.41, 5.74) is 7.20. The number of hydrogen-bond donors (Lipinski definition) is 1. The third-order valence-corrected chi connectivity index (χ3v) is 9.64. The van der Waals surface area contributed by atoms with E-state index in [4.69, 9.17) is 9.72 Å². The molecule has 48 heavy (non-hydrogen) atoms. The van der Waals surface area contributed by atoms with Gasteiger partial charge >= 0.3 is 0 Å². The van der Waals surface area contributed by atoms with Crippen molar-refractivity contribution in [2.24, 2.45) is 0 Å². The number of piperidine rings is 2. The average Bonchev–Trinajstić information content (AvgIpc) is 3.74. The Labute approximate surface area is 277 Å². The lowest BCUT2D eigenvalue weighted by Crippen LogP contribution is -2.52. The van der Waals surface area contributed by atoms with Crippen molar-refractivity contribution in [3.8, 4) is 17.0 Å². The predicted octanol–water partition coefficient (Wildman–Crippen LogP) is 4.67. The molecular weight excluding hydrogens is 606 g/mol. The van der Waals surface area contributed by atoms with Crippen molar-refractivity contribution in [1.82, 2.24) is 34.9 Å². The van der Waals surface area contributed by atoms with Crippen LogP contribution in [0.3, 0.4) is 0 Å². The van der Waals surface area contributed by atoms with Gasteiger partial charge < -0.3 is 9.64 Å². The third kappa shape index (κ3) is 5.93. The smallest absolute Gasteiger partial charge is 0.255 e. The van der Waals surface area contributed by atoms with E-state index in [-0.39, 0.29) is 24.8 Å². The molecule has 1 N–H and O–H groups in total. The van der Waals surface area contributed by atoms with Gasteiger partial charge in [0.2, 0.25) is 11.8 Å². The Morgan fingerprint density at radius 3 is 2.46 bits per heavy atom. The second-order valence-corrected chi connectivity index (χ2v) is 12.7. The molecule has 0 radical (unpaired) electrons.